The molecule has 0 saturated heterocycles. The van der Waals surface area contributed by atoms with Crippen molar-refractivity contribution in [2.45, 2.75) is 12.3 Å². The van der Waals surface area contributed by atoms with Crippen LogP contribution in [0.15, 0.2) is 48.5 Å². The smallest absolute Gasteiger partial charge is 0.235 e. The minimum absolute atomic E-state index is 0.0527. The van der Waals surface area contributed by atoms with Gasteiger partial charge in [0.1, 0.15) is 12.4 Å². The van der Waals surface area contributed by atoms with E-state index in [0.29, 0.717) is 18.9 Å². The molecule has 1 atom stereocenters. The summed E-state index contributed by atoms with van der Waals surface area (Å²) in [6, 6.07) is 15.0. The second-order valence-electron chi connectivity index (χ2n) is 5.70. The van der Waals surface area contributed by atoms with Crippen LogP contribution < -0.4 is 15.0 Å². The Labute approximate surface area is 133 Å². The summed E-state index contributed by atoms with van der Waals surface area (Å²) in [5, 5.41) is 2.83. The van der Waals surface area contributed by atoms with Crippen molar-refractivity contribution >= 4 is 23.2 Å². The number of nitrogens with zero attached hydrogens (tertiary/aromatic N) is 1. The first-order valence-electron chi connectivity index (χ1n) is 7.66. The molecule has 5 heteroatoms. The lowest BCUT2D eigenvalue weighted by Gasteiger charge is -2.34. The van der Waals surface area contributed by atoms with Crippen molar-refractivity contribution in [1.82, 2.24) is 0 Å². The van der Waals surface area contributed by atoms with E-state index in [4.69, 9.17) is 4.74 Å². The molecule has 0 fully saturated rings. The summed E-state index contributed by atoms with van der Waals surface area (Å²) >= 11 is 0. The third kappa shape index (κ3) is 2.34. The molecule has 0 bridgehead atoms. The number of rotatable bonds is 1. The minimum Gasteiger partial charge on any atom is -0.490 e. The Balaban J connectivity index is 1.72. The SMILES string of the molecule is O=C1C[C@H](C(=O)N2CCOc3ccccc32)c2ccccc2N1. The normalized spacial score (nSPS) is 19.2. The molecule has 2 aliphatic heterocycles. The molecule has 2 aromatic rings. The van der Waals surface area contributed by atoms with Gasteiger partial charge >= 0.3 is 0 Å². The van der Waals surface area contributed by atoms with Crippen molar-refractivity contribution < 1.29 is 14.3 Å². The van der Waals surface area contributed by atoms with E-state index in [9.17, 15) is 9.59 Å². The molecule has 0 spiro atoms. The molecule has 0 aromatic heterocycles. The molecular formula is C18H16N2O3. The lowest BCUT2D eigenvalue weighted by molar-refractivity contribution is -0.124. The van der Waals surface area contributed by atoms with Crippen LogP contribution >= 0.6 is 0 Å². The molecule has 0 radical (unpaired) electrons. The number of para-hydroxylation sites is 3. The fourth-order valence-electron chi connectivity index (χ4n) is 3.22. The highest BCUT2D eigenvalue weighted by Gasteiger charge is 2.35. The van der Waals surface area contributed by atoms with E-state index < -0.39 is 5.92 Å². The number of anilines is 2. The van der Waals surface area contributed by atoms with Crippen molar-refractivity contribution in [2.75, 3.05) is 23.4 Å². The van der Waals surface area contributed by atoms with Crippen LogP contribution in [0, 0.1) is 0 Å². The number of carbonyl (C=O) groups is 2. The first-order valence-corrected chi connectivity index (χ1v) is 7.66. The van der Waals surface area contributed by atoms with Gasteiger partial charge in [-0.3, -0.25) is 9.59 Å². The monoisotopic (exact) mass is 308 g/mol. The summed E-state index contributed by atoms with van der Waals surface area (Å²) in [6.45, 7) is 0.958. The highest BCUT2D eigenvalue weighted by Crippen LogP contribution is 2.37. The molecule has 5 nitrogen and oxygen atoms in total. The van der Waals surface area contributed by atoms with Crippen LogP contribution in [0.3, 0.4) is 0 Å². The predicted molar refractivity (Wildman–Crippen MR) is 86.7 cm³/mol. The van der Waals surface area contributed by atoms with Gasteiger partial charge in [-0.05, 0) is 23.8 Å². The largest absolute Gasteiger partial charge is 0.490 e. The molecule has 2 heterocycles. The van der Waals surface area contributed by atoms with Crippen LogP contribution in [-0.4, -0.2) is 25.0 Å². The van der Waals surface area contributed by atoms with Gasteiger partial charge in [0.15, 0.2) is 0 Å². The zero-order valence-electron chi connectivity index (χ0n) is 12.5. The van der Waals surface area contributed by atoms with E-state index in [1.54, 1.807) is 4.90 Å². The van der Waals surface area contributed by atoms with Crippen molar-refractivity contribution in [3.63, 3.8) is 0 Å². The Hall–Kier alpha value is -2.82. The highest BCUT2D eigenvalue weighted by atomic mass is 16.5. The van der Waals surface area contributed by atoms with Gasteiger partial charge in [0.2, 0.25) is 11.8 Å². The van der Waals surface area contributed by atoms with Crippen LogP contribution in [0.1, 0.15) is 17.9 Å². The molecule has 23 heavy (non-hydrogen) atoms. The van der Waals surface area contributed by atoms with Gasteiger partial charge in [-0.25, -0.2) is 0 Å². The maximum absolute atomic E-state index is 13.1. The summed E-state index contributed by atoms with van der Waals surface area (Å²) in [7, 11) is 0. The van der Waals surface area contributed by atoms with E-state index in [0.717, 1.165) is 16.9 Å². The van der Waals surface area contributed by atoms with E-state index in [1.807, 2.05) is 48.5 Å². The molecule has 1 N–H and O–H groups in total. The van der Waals surface area contributed by atoms with Crippen LogP contribution in [0.2, 0.25) is 0 Å². The number of benzene rings is 2. The quantitative estimate of drug-likeness (QED) is 0.881. The van der Waals surface area contributed by atoms with E-state index >= 15 is 0 Å². The van der Waals surface area contributed by atoms with Crippen molar-refractivity contribution in [2.24, 2.45) is 0 Å². The fraction of sp³-hybridized carbons (Fsp3) is 0.222. The zero-order valence-corrected chi connectivity index (χ0v) is 12.5. The predicted octanol–water partition coefficient (Wildman–Crippen LogP) is 2.54. The number of hydrogen-bond donors (Lipinski definition) is 1. The number of carbonyl (C=O) groups excluding carboxylic acids is 2. The van der Waals surface area contributed by atoms with Crippen LogP contribution in [0.4, 0.5) is 11.4 Å². The summed E-state index contributed by atoms with van der Waals surface area (Å²) < 4.78 is 5.61. The molecule has 0 aliphatic carbocycles. The van der Waals surface area contributed by atoms with Crippen molar-refractivity contribution in [1.29, 1.82) is 0 Å². The van der Waals surface area contributed by atoms with Gasteiger partial charge in [-0.15, -0.1) is 0 Å². The van der Waals surface area contributed by atoms with Crippen LogP contribution in [0.5, 0.6) is 5.75 Å². The molecule has 2 aromatic carbocycles. The summed E-state index contributed by atoms with van der Waals surface area (Å²) in [6.07, 6.45) is 0.176. The lowest BCUT2D eigenvalue weighted by atomic mass is 9.89. The Morgan fingerprint density at radius 1 is 1.13 bits per heavy atom. The fourth-order valence-corrected chi connectivity index (χ4v) is 3.22. The maximum atomic E-state index is 13.1. The topological polar surface area (TPSA) is 58.6 Å². The maximum Gasteiger partial charge on any atom is 0.235 e. The summed E-state index contributed by atoms with van der Waals surface area (Å²) in [4.78, 5) is 26.8. The van der Waals surface area contributed by atoms with Gasteiger partial charge in [0.05, 0.1) is 18.2 Å². The molecule has 4 rings (SSSR count). The first-order chi connectivity index (χ1) is 11.2. The standard InChI is InChI=1S/C18H16N2O3/c21-17-11-13(12-5-1-2-6-14(12)19-17)18(22)20-9-10-23-16-8-4-3-7-15(16)20/h1-8,13H,9-11H2,(H,19,21)/t13-/m0/s1. The highest BCUT2D eigenvalue weighted by molar-refractivity contribution is 6.06. The first kappa shape index (κ1) is 13.8. The average Bonchev–Trinajstić information content (AvgIpc) is 2.60. The summed E-state index contributed by atoms with van der Waals surface area (Å²) in [5.41, 5.74) is 2.37. The number of nitrogens with one attached hydrogen (secondary N) is 1. The van der Waals surface area contributed by atoms with E-state index in [2.05, 4.69) is 5.32 Å². The van der Waals surface area contributed by atoms with Gasteiger partial charge in [-0.2, -0.15) is 0 Å². The number of amides is 2. The van der Waals surface area contributed by atoms with Crippen LogP contribution in [0.25, 0.3) is 0 Å². The zero-order chi connectivity index (χ0) is 15.8. The second-order valence-corrected chi connectivity index (χ2v) is 5.70. The third-order valence-corrected chi connectivity index (χ3v) is 4.29. The average molecular weight is 308 g/mol. The Morgan fingerprint density at radius 3 is 2.83 bits per heavy atom. The van der Waals surface area contributed by atoms with Gasteiger partial charge in [0, 0.05) is 12.1 Å². The Bertz CT molecular complexity index is 787. The molecule has 0 unspecified atom stereocenters. The van der Waals surface area contributed by atoms with E-state index in [-0.39, 0.29) is 18.2 Å². The molecule has 2 amide bonds. The third-order valence-electron chi connectivity index (χ3n) is 4.29. The van der Waals surface area contributed by atoms with E-state index in [1.165, 1.54) is 0 Å². The van der Waals surface area contributed by atoms with Gasteiger partial charge < -0.3 is 15.0 Å². The van der Waals surface area contributed by atoms with Crippen LogP contribution in [-0.2, 0) is 9.59 Å². The van der Waals surface area contributed by atoms with Gasteiger partial charge in [0.25, 0.3) is 0 Å². The number of fused-ring (bicyclic) bond motifs is 2. The number of hydrogen-bond acceptors (Lipinski definition) is 3. The van der Waals surface area contributed by atoms with Crippen molar-refractivity contribution in [3.8, 4) is 5.75 Å². The Morgan fingerprint density at radius 2 is 1.91 bits per heavy atom. The summed E-state index contributed by atoms with van der Waals surface area (Å²) in [5.74, 6) is 0.0818. The lowest BCUT2D eigenvalue weighted by Crippen LogP contribution is -2.42. The van der Waals surface area contributed by atoms with Gasteiger partial charge in [-0.1, -0.05) is 30.3 Å². The van der Waals surface area contributed by atoms with Crippen molar-refractivity contribution in [3.05, 3.63) is 54.1 Å². The Kier molecular flexibility index (Phi) is 3.26. The molecule has 0 saturated carbocycles. The molecule has 2 aliphatic rings. The molecule has 116 valence electrons. The minimum atomic E-state index is -0.453. The second kappa shape index (κ2) is 5.43. The number of ether oxygens (including phenoxy) is 1. The molecular weight excluding hydrogens is 292 g/mol.